The molecule has 1 aliphatic heterocycles. The molecule has 1 saturated carbocycles. The highest BCUT2D eigenvalue weighted by atomic mass is 16.1. The summed E-state index contributed by atoms with van der Waals surface area (Å²) in [7, 11) is 0. The normalized spacial score (nSPS) is 28.1. The van der Waals surface area contributed by atoms with Gasteiger partial charge in [-0.3, -0.25) is 4.79 Å². The van der Waals surface area contributed by atoms with E-state index in [4.69, 9.17) is 5.73 Å². The van der Waals surface area contributed by atoms with Crippen LogP contribution in [0.15, 0.2) is 24.3 Å². The molecule has 0 saturated heterocycles. The van der Waals surface area contributed by atoms with Crippen LogP contribution in [0, 0.1) is 5.92 Å². The van der Waals surface area contributed by atoms with Crippen LogP contribution in [0.3, 0.4) is 0 Å². The third-order valence-corrected chi connectivity index (χ3v) is 4.88. The maximum atomic E-state index is 12.1. The number of hydrogen-bond donors (Lipinski definition) is 3. The van der Waals surface area contributed by atoms with Gasteiger partial charge in [-0.2, -0.15) is 0 Å². The number of rotatable bonds is 4. The SMILES string of the molecule is N[C@@H]1CCC[C@H]1CC(=O)NCC1NCCc2ccccc21. The average Bonchev–Trinajstić information content (AvgIpc) is 2.90. The van der Waals surface area contributed by atoms with E-state index in [0.717, 1.165) is 32.2 Å². The Morgan fingerprint density at radius 2 is 2.19 bits per heavy atom. The molecule has 1 aliphatic carbocycles. The van der Waals surface area contributed by atoms with Gasteiger partial charge >= 0.3 is 0 Å². The highest BCUT2D eigenvalue weighted by Gasteiger charge is 2.26. The van der Waals surface area contributed by atoms with Crippen LogP contribution in [0.4, 0.5) is 0 Å². The summed E-state index contributed by atoms with van der Waals surface area (Å²) in [6.07, 6.45) is 4.97. The largest absolute Gasteiger partial charge is 0.354 e. The summed E-state index contributed by atoms with van der Waals surface area (Å²) in [6, 6.07) is 8.94. The number of fused-ring (bicyclic) bond motifs is 1. The second-order valence-electron chi connectivity index (χ2n) is 6.32. The van der Waals surface area contributed by atoms with Gasteiger partial charge in [0.15, 0.2) is 0 Å². The Morgan fingerprint density at radius 3 is 3.00 bits per heavy atom. The lowest BCUT2D eigenvalue weighted by atomic mass is 9.94. The maximum absolute atomic E-state index is 12.1. The molecular formula is C17H25N3O. The van der Waals surface area contributed by atoms with E-state index in [0.29, 0.717) is 18.9 Å². The van der Waals surface area contributed by atoms with Gasteiger partial charge in [-0.15, -0.1) is 0 Å². The van der Waals surface area contributed by atoms with Crippen LogP contribution >= 0.6 is 0 Å². The van der Waals surface area contributed by atoms with Gasteiger partial charge in [0.1, 0.15) is 0 Å². The van der Waals surface area contributed by atoms with Crippen LogP contribution in [0.1, 0.15) is 42.9 Å². The molecule has 1 amide bonds. The highest BCUT2D eigenvalue weighted by molar-refractivity contribution is 5.76. The van der Waals surface area contributed by atoms with Crippen molar-refractivity contribution in [2.24, 2.45) is 11.7 Å². The number of nitrogens with two attached hydrogens (primary N) is 1. The fourth-order valence-corrected chi connectivity index (χ4v) is 3.62. The molecule has 0 spiro atoms. The second kappa shape index (κ2) is 6.58. The Bertz CT molecular complexity index is 503. The van der Waals surface area contributed by atoms with Crippen molar-refractivity contribution in [1.29, 1.82) is 0 Å². The molecule has 1 aromatic carbocycles. The third kappa shape index (κ3) is 3.44. The Hall–Kier alpha value is -1.39. The van der Waals surface area contributed by atoms with Crippen molar-refractivity contribution in [3.05, 3.63) is 35.4 Å². The number of nitrogens with one attached hydrogen (secondary N) is 2. The van der Waals surface area contributed by atoms with Crippen LogP contribution < -0.4 is 16.4 Å². The van der Waals surface area contributed by atoms with E-state index in [1.54, 1.807) is 0 Å². The number of carbonyl (C=O) groups is 1. The number of amides is 1. The zero-order valence-electron chi connectivity index (χ0n) is 12.5. The second-order valence-corrected chi connectivity index (χ2v) is 6.32. The summed E-state index contributed by atoms with van der Waals surface area (Å²) in [5, 5.41) is 6.58. The summed E-state index contributed by atoms with van der Waals surface area (Å²) < 4.78 is 0. The van der Waals surface area contributed by atoms with Crippen LogP contribution in [0.25, 0.3) is 0 Å². The fraction of sp³-hybridized carbons (Fsp3) is 0.588. The van der Waals surface area contributed by atoms with Gasteiger partial charge in [0.2, 0.25) is 5.91 Å². The molecular weight excluding hydrogens is 262 g/mol. The maximum Gasteiger partial charge on any atom is 0.220 e. The van der Waals surface area contributed by atoms with Crippen molar-refractivity contribution >= 4 is 5.91 Å². The zero-order chi connectivity index (χ0) is 14.7. The van der Waals surface area contributed by atoms with Crippen molar-refractivity contribution in [2.75, 3.05) is 13.1 Å². The van der Waals surface area contributed by atoms with E-state index in [2.05, 4.69) is 34.9 Å². The smallest absolute Gasteiger partial charge is 0.220 e. The van der Waals surface area contributed by atoms with Gasteiger partial charge in [0, 0.05) is 25.0 Å². The molecule has 0 bridgehead atoms. The van der Waals surface area contributed by atoms with Gasteiger partial charge in [-0.1, -0.05) is 30.7 Å². The van der Waals surface area contributed by atoms with E-state index in [1.165, 1.54) is 11.1 Å². The predicted octanol–water partition coefficient (Wildman–Crippen LogP) is 1.51. The summed E-state index contributed by atoms with van der Waals surface area (Å²) >= 11 is 0. The van der Waals surface area contributed by atoms with E-state index in [9.17, 15) is 4.79 Å². The summed E-state index contributed by atoms with van der Waals surface area (Å²) in [6.45, 7) is 1.64. The van der Waals surface area contributed by atoms with E-state index >= 15 is 0 Å². The quantitative estimate of drug-likeness (QED) is 0.786. The van der Waals surface area contributed by atoms with Crippen LogP contribution in [-0.2, 0) is 11.2 Å². The van der Waals surface area contributed by atoms with Crippen LogP contribution in [0.2, 0.25) is 0 Å². The van der Waals surface area contributed by atoms with E-state index in [1.807, 2.05) is 0 Å². The fourth-order valence-electron chi connectivity index (χ4n) is 3.62. The molecule has 1 unspecified atom stereocenters. The molecule has 1 fully saturated rings. The summed E-state index contributed by atoms with van der Waals surface area (Å²) in [4.78, 5) is 12.1. The molecule has 3 atom stereocenters. The van der Waals surface area contributed by atoms with Gasteiger partial charge in [-0.25, -0.2) is 0 Å². The molecule has 1 heterocycles. The molecule has 0 radical (unpaired) electrons. The predicted molar refractivity (Wildman–Crippen MR) is 83.8 cm³/mol. The topological polar surface area (TPSA) is 67.2 Å². The Morgan fingerprint density at radius 1 is 1.33 bits per heavy atom. The van der Waals surface area contributed by atoms with Gasteiger partial charge in [-0.05, 0) is 42.9 Å². The van der Waals surface area contributed by atoms with Crippen molar-refractivity contribution in [3.63, 3.8) is 0 Å². The first-order valence-corrected chi connectivity index (χ1v) is 8.07. The molecule has 4 nitrogen and oxygen atoms in total. The lowest BCUT2D eigenvalue weighted by Gasteiger charge is -2.27. The van der Waals surface area contributed by atoms with Crippen molar-refractivity contribution in [1.82, 2.24) is 10.6 Å². The molecule has 2 aliphatic rings. The monoisotopic (exact) mass is 287 g/mol. The highest BCUT2D eigenvalue weighted by Crippen LogP contribution is 2.27. The average molecular weight is 287 g/mol. The van der Waals surface area contributed by atoms with E-state index < -0.39 is 0 Å². The molecule has 21 heavy (non-hydrogen) atoms. The molecule has 4 N–H and O–H groups in total. The summed E-state index contributed by atoms with van der Waals surface area (Å²) in [5.41, 5.74) is 8.75. The number of benzene rings is 1. The number of carbonyl (C=O) groups excluding carboxylic acids is 1. The Kier molecular flexibility index (Phi) is 4.56. The Labute approximate surface area is 126 Å². The minimum Gasteiger partial charge on any atom is -0.354 e. The van der Waals surface area contributed by atoms with Crippen molar-refractivity contribution < 1.29 is 4.79 Å². The lowest BCUT2D eigenvalue weighted by Crippen LogP contribution is -2.40. The third-order valence-electron chi connectivity index (χ3n) is 4.88. The van der Waals surface area contributed by atoms with Crippen molar-refractivity contribution in [3.8, 4) is 0 Å². The number of hydrogen-bond acceptors (Lipinski definition) is 3. The minimum atomic E-state index is 0.141. The van der Waals surface area contributed by atoms with E-state index in [-0.39, 0.29) is 18.0 Å². The zero-order valence-corrected chi connectivity index (χ0v) is 12.5. The first-order valence-electron chi connectivity index (χ1n) is 8.07. The molecule has 4 heteroatoms. The first-order chi connectivity index (χ1) is 10.2. The molecule has 114 valence electrons. The lowest BCUT2D eigenvalue weighted by molar-refractivity contribution is -0.122. The van der Waals surface area contributed by atoms with Crippen LogP contribution in [-0.4, -0.2) is 25.0 Å². The Balaban J connectivity index is 1.52. The first kappa shape index (κ1) is 14.5. The molecule has 0 aromatic heterocycles. The standard InChI is InChI=1S/C17H25N3O/c18-15-7-3-5-13(15)10-17(21)20-11-16-14-6-2-1-4-12(14)8-9-19-16/h1-2,4,6,13,15-16,19H,3,5,7-11,18H2,(H,20,21)/t13-,15+,16?/m0/s1. The van der Waals surface area contributed by atoms with Crippen LogP contribution in [0.5, 0.6) is 0 Å². The van der Waals surface area contributed by atoms with Gasteiger partial charge < -0.3 is 16.4 Å². The van der Waals surface area contributed by atoms with Gasteiger partial charge in [0.25, 0.3) is 0 Å². The summed E-state index contributed by atoms with van der Waals surface area (Å²) in [5.74, 6) is 0.513. The minimum absolute atomic E-state index is 0.141. The molecule has 3 rings (SSSR count). The van der Waals surface area contributed by atoms with Gasteiger partial charge in [0.05, 0.1) is 0 Å². The van der Waals surface area contributed by atoms with Crippen molar-refractivity contribution in [2.45, 2.75) is 44.2 Å². The molecule has 1 aromatic rings.